The Morgan fingerprint density at radius 1 is 1.40 bits per heavy atom. The van der Waals surface area contributed by atoms with Gasteiger partial charge in [0.25, 0.3) is 0 Å². The Bertz CT molecular complexity index is 569. The molecule has 2 N–H and O–H groups in total. The van der Waals surface area contributed by atoms with Crippen molar-refractivity contribution in [2.45, 2.75) is 44.1 Å². The van der Waals surface area contributed by atoms with Gasteiger partial charge in [-0.05, 0) is 43.7 Å². The molecule has 3 rings (SSSR count). The number of carboxylic acid groups (broad SMARTS) is 1. The minimum Gasteiger partial charge on any atom is -0.480 e. The van der Waals surface area contributed by atoms with Crippen LogP contribution in [-0.4, -0.2) is 23.0 Å². The zero-order valence-corrected chi connectivity index (χ0v) is 11.6. The normalized spacial score (nSPS) is 28.6. The fourth-order valence-corrected chi connectivity index (χ4v) is 3.55. The molecule has 1 aromatic carbocycles. The highest BCUT2D eigenvalue weighted by Gasteiger charge is 2.60. The molecule has 0 radical (unpaired) electrons. The summed E-state index contributed by atoms with van der Waals surface area (Å²) in [5.74, 6) is -1.17. The van der Waals surface area contributed by atoms with Crippen molar-refractivity contribution >= 4 is 11.9 Å². The van der Waals surface area contributed by atoms with E-state index in [1.165, 1.54) is 18.1 Å². The number of carboxylic acids is 1. The Kier molecular flexibility index (Phi) is 3.04. The predicted molar refractivity (Wildman–Crippen MR) is 74.4 cm³/mol. The van der Waals surface area contributed by atoms with Crippen LogP contribution in [0.15, 0.2) is 24.3 Å². The Morgan fingerprint density at radius 3 is 2.90 bits per heavy atom. The van der Waals surface area contributed by atoms with Gasteiger partial charge < -0.3 is 10.4 Å². The van der Waals surface area contributed by atoms with Crippen LogP contribution >= 0.6 is 0 Å². The van der Waals surface area contributed by atoms with Gasteiger partial charge in [-0.2, -0.15) is 0 Å². The Balaban J connectivity index is 1.78. The zero-order valence-electron chi connectivity index (χ0n) is 11.6. The van der Waals surface area contributed by atoms with Crippen molar-refractivity contribution in [3.05, 3.63) is 35.4 Å². The first kappa shape index (κ1) is 13.2. The first-order valence-electron chi connectivity index (χ1n) is 7.16. The van der Waals surface area contributed by atoms with E-state index in [1.807, 2.05) is 12.1 Å². The van der Waals surface area contributed by atoms with Gasteiger partial charge in [-0.25, -0.2) is 0 Å². The minimum absolute atomic E-state index is 0.0306. The zero-order chi connectivity index (χ0) is 14.3. The molecule has 1 fully saturated rings. The van der Waals surface area contributed by atoms with Gasteiger partial charge in [0, 0.05) is 11.3 Å². The highest BCUT2D eigenvalue weighted by Crippen LogP contribution is 2.60. The molecule has 1 aromatic rings. The minimum atomic E-state index is -0.989. The third kappa shape index (κ3) is 1.99. The molecular weight excluding hydrogens is 254 g/mol. The topological polar surface area (TPSA) is 66.4 Å². The molecule has 0 aromatic heterocycles. The summed E-state index contributed by atoms with van der Waals surface area (Å²) >= 11 is 0. The molecule has 1 spiro atoms. The van der Waals surface area contributed by atoms with Gasteiger partial charge in [0.05, 0.1) is 0 Å². The van der Waals surface area contributed by atoms with E-state index >= 15 is 0 Å². The van der Waals surface area contributed by atoms with Crippen molar-refractivity contribution in [2.75, 3.05) is 0 Å². The summed E-state index contributed by atoms with van der Waals surface area (Å²) in [6.45, 7) is 1.50. The quantitative estimate of drug-likeness (QED) is 0.883. The molecule has 4 heteroatoms. The highest BCUT2D eigenvalue weighted by molar-refractivity contribution is 5.88. The van der Waals surface area contributed by atoms with Crippen LogP contribution in [0.3, 0.4) is 0 Å². The lowest BCUT2D eigenvalue weighted by atomic mass is 9.78. The maximum absolute atomic E-state index is 12.2. The molecule has 2 unspecified atom stereocenters. The molecule has 1 saturated carbocycles. The van der Waals surface area contributed by atoms with Gasteiger partial charge in [0.1, 0.15) is 6.04 Å². The molecule has 106 valence electrons. The van der Waals surface area contributed by atoms with E-state index in [2.05, 4.69) is 17.4 Å². The van der Waals surface area contributed by atoms with E-state index in [1.54, 1.807) is 0 Å². The van der Waals surface area contributed by atoms with Crippen LogP contribution in [0.2, 0.25) is 0 Å². The van der Waals surface area contributed by atoms with E-state index in [4.69, 9.17) is 5.11 Å². The van der Waals surface area contributed by atoms with Crippen molar-refractivity contribution in [2.24, 2.45) is 5.92 Å². The number of fused-ring (bicyclic) bond motifs is 2. The number of hydrogen-bond donors (Lipinski definition) is 2. The van der Waals surface area contributed by atoms with Gasteiger partial charge in [0.15, 0.2) is 0 Å². The molecule has 0 heterocycles. The molecule has 0 saturated heterocycles. The molecule has 20 heavy (non-hydrogen) atoms. The highest BCUT2D eigenvalue weighted by atomic mass is 16.4. The van der Waals surface area contributed by atoms with E-state index in [-0.39, 0.29) is 17.2 Å². The van der Waals surface area contributed by atoms with Gasteiger partial charge in [-0.3, -0.25) is 9.59 Å². The van der Waals surface area contributed by atoms with Crippen LogP contribution < -0.4 is 5.32 Å². The van der Waals surface area contributed by atoms with Crippen LogP contribution in [0, 0.1) is 5.92 Å². The molecule has 0 bridgehead atoms. The van der Waals surface area contributed by atoms with Crippen LogP contribution in [0.4, 0.5) is 0 Å². The average Bonchev–Trinajstić information content (AvgIpc) is 3.14. The van der Waals surface area contributed by atoms with Crippen molar-refractivity contribution in [1.82, 2.24) is 5.32 Å². The molecule has 1 amide bonds. The number of aliphatic carboxylic acids is 1. The summed E-state index contributed by atoms with van der Waals surface area (Å²) in [5, 5.41) is 11.5. The summed E-state index contributed by atoms with van der Waals surface area (Å²) in [6, 6.07) is 7.52. The molecule has 2 aliphatic rings. The molecule has 4 nitrogen and oxygen atoms in total. The summed E-state index contributed by atoms with van der Waals surface area (Å²) < 4.78 is 0. The Hall–Kier alpha value is -1.84. The molecule has 3 atom stereocenters. The molecule has 0 aliphatic heterocycles. The van der Waals surface area contributed by atoms with Crippen LogP contribution in [0.1, 0.15) is 37.3 Å². The number of carbonyl (C=O) groups excluding carboxylic acids is 1. The van der Waals surface area contributed by atoms with E-state index in [9.17, 15) is 9.59 Å². The molecular formula is C16H19NO3. The lowest BCUT2D eigenvalue weighted by Crippen LogP contribution is -2.40. The van der Waals surface area contributed by atoms with E-state index < -0.39 is 12.0 Å². The number of benzene rings is 1. The summed E-state index contributed by atoms with van der Waals surface area (Å²) in [4.78, 5) is 23.1. The third-order valence-corrected chi connectivity index (χ3v) is 4.74. The van der Waals surface area contributed by atoms with E-state index in [0.717, 1.165) is 25.7 Å². The second kappa shape index (κ2) is 4.62. The number of hydrogen-bond acceptors (Lipinski definition) is 2. The average molecular weight is 273 g/mol. The van der Waals surface area contributed by atoms with Gasteiger partial charge in [-0.15, -0.1) is 0 Å². The number of carbonyl (C=O) groups is 2. The third-order valence-electron chi connectivity index (χ3n) is 4.74. The van der Waals surface area contributed by atoms with Crippen molar-refractivity contribution in [3.8, 4) is 0 Å². The van der Waals surface area contributed by atoms with Gasteiger partial charge in [-0.1, -0.05) is 24.3 Å². The van der Waals surface area contributed by atoms with Gasteiger partial charge >= 0.3 is 5.97 Å². The van der Waals surface area contributed by atoms with Crippen molar-refractivity contribution < 1.29 is 14.7 Å². The summed E-state index contributed by atoms with van der Waals surface area (Å²) in [5.41, 5.74) is 2.62. The standard InChI is InChI=1S/C16H19NO3/c1-10(15(19)20)17-14(18)13-9-16(13)8-4-6-11-5-2-3-7-12(11)16/h2-3,5,7,10,13H,4,6,8-9H2,1H3,(H,17,18)(H,19,20)/t10-,13?,16?/m0/s1. The predicted octanol–water partition coefficient (Wildman–Crippen LogP) is 1.87. The lowest BCUT2D eigenvalue weighted by molar-refractivity contribution is -0.141. The maximum atomic E-state index is 12.2. The Labute approximate surface area is 118 Å². The first-order valence-corrected chi connectivity index (χ1v) is 7.16. The van der Waals surface area contributed by atoms with Crippen molar-refractivity contribution in [3.63, 3.8) is 0 Å². The largest absolute Gasteiger partial charge is 0.480 e. The number of nitrogens with one attached hydrogen (secondary N) is 1. The van der Waals surface area contributed by atoms with Crippen LogP contribution in [0.25, 0.3) is 0 Å². The van der Waals surface area contributed by atoms with Gasteiger partial charge in [0.2, 0.25) is 5.91 Å². The Morgan fingerprint density at radius 2 is 2.15 bits per heavy atom. The van der Waals surface area contributed by atoms with Crippen LogP contribution in [0.5, 0.6) is 0 Å². The monoisotopic (exact) mass is 273 g/mol. The van der Waals surface area contributed by atoms with Crippen molar-refractivity contribution in [1.29, 1.82) is 0 Å². The van der Waals surface area contributed by atoms with E-state index in [0.29, 0.717) is 0 Å². The second-order valence-corrected chi connectivity index (χ2v) is 5.99. The summed E-state index contributed by atoms with van der Waals surface area (Å²) in [7, 11) is 0. The SMILES string of the molecule is C[C@H](NC(=O)C1CC12CCCc1ccccc12)C(=O)O. The lowest BCUT2D eigenvalue weighted by Gasteiger charge is -2.26. The second-order valence-electron chi connectivity index (χ2n) is 5.99. The maximum Gasteiger partial charge on any atom is 0.325 e. The number of amides is 1. The first-order chi connectivity index (χ1) is 9.54. The number of aryl methyl sites for hydroxylation is 1. The fraction of sp³-hybridized carbons (Fsp3) is 0.500. The molecule has 2 aliphatic carbocycles. The number of rotatable bonds is 3. The smallest absolute Gasteiger partial charge is 0.325 e. The summed E-state index contributed by atoms with van der Waals surface area (Å²) in [6.07, 6.45) is 4.07. The fourth-order valence-electron chi connectivity index (χ4n) is 3.55. The van der Waals surface area contributed by atoms with Crippen LogP contribution in [-0.2, 0) is 21.4 Å².